The normalized spacial score (nSPS) is 23.1. The lowest BCUT2D eigenvalue weighted by molar-refractivity contribution is 0.0698. The van der Waals surface area contributed by atoms with E-state index in [1.165, 1.54) is 18.6 Å². The van der Waals surface area contributed by atoms with Crippen molar-refractivity contribution >= 4 is 17.3 Å². The van der Waals surface area contributed by atoms with Gasteiger partial charge in [0.1, 0.15) is 11.4 Å². The summed E-state index contributed by atoms with van der Waals surface area (Å²) in [6.07, 6.45) is 4.32. The fourth-order valence-electron chi connectivity index (χ4n) is 2.73. The van der Waals surface area contributed by atoms with Crippen LogP contribution in [0.1, 0.15) is 43.0 Å². The lowest BCUT2D eigenvalue weighted by Gasteiger charge is -2.29. The lowest BCUT2D eigenvalue weighted by Crippen LogP contribution is -2.27. The largest absolute Gasteiger partial charge is 0.478 e. The molecular weight excluding hydrogens is 247 g/mol. The standard InChI is InChI=1S/C14H19FN2O2/c1-8-3-2-4-9(7-8)17-11-6-5-10(15)13(16)12(11)14(18)19/h5-6,8-9,17H,2-4,7,16H2,1H3,(H,18,19). The zero-order valence-corrected chi connectivity index (χ0v) is 10.9. The third-order valence-corrected chi connectivity index (χ3v) is 3.70. The van der Waals surface area contributed by atoms with Crippen LogP contribution in [-0.2, 0) is 0 Å². The SMILES string of the molecule is CC1CCCC(Nc2ccc(F)c(N)c2C(=O)O)C1. The maximum absolute atomic E-state index is 13.3. The minimum Gasteiger partial charge on any atom is -0.478 e. The molecule has 1 aliphatic carbocycles. The molecule has 1 aromatic rings. The second-order valence-corrected chi connectivity index (χ2v) is 5.30. The number of carboxylic acids is 1. The molecule has 0 bridgehead atoms. The molecule has 1 aromatic carbocycles. The summed E-state index contributed by atoms with van der Waals surface area (Å²) in [7, 11) is 0. The van der Waals surface area contributed by atoms with Crippen molar-refractivity contribution in [1.29, 1.82) is 0 Å². The molecule has 1 fully saturated rings. The molecule has 104 valence electrons. The Morgan fingerprint density at radius 1 is 1.47 bits per heavy atom. The summed E-state index contributed by atoms with van der Waals surface area (Å²) in [6, 6.07) is 2.89. The first kappa shape index (κ1) is 13.6. The van der Waals surface area contributed by atoms with Crippen LogP contribution in [0, 0.1) is 11.7 Å². The Labute approximate surface area is 111 Å². The monoisotopic (exact) mass is 266 g/mol. The Balaban J connectivity index is 2.24. The van der Waals surface area contributed by atoms with E-state index < -0.39 is 11.8 Å². The number of hydrogen-bond donors (Lipinski definition) is 3. The molecule has 2 atom stereocenters. The number of carbonyl (C=O) groups is 1. The number of halogens is 1. The minimum absolute atomic E-state index is 0.168. The van der Waals surface area contributed by atoms with Crippen molar-refractivity contribution in [2.24, 2.45) is 5.92 Å². The zero-order valence-electron chi connectivity index (χ0n) is 10.9. The molecule has 5 heteroatoms. The molecule has 0 heterocycles. The van der Waals surface area contributed by atoms with Gasteiger partial charge in [-0.1, -0.05) is 19.8 Å². The van der Waals surface area contributed by atoms with Crippen LogP contribution in [0.25, 0.3) is 0 Å². The second kappa shape index (κ2) is 5.47. The third kappa shape index (κ3) is 2.97. The van der Waals surface area contributed by atoms with Gasteiger partial charge >= 0.3 is 5.97 Å². The van der Waals surface area contributed by atoms with Gasteiger partial charge in [0.25, 0.3) is 0 Å². The average molecular weight is 266 g/mol. The van der Waals surface area contributed by atoms with E-state index in [0.29, 0.717) is 11.6 Å². The van der Waals surface area contributed by atoms with Crippen molar-refractivity contribution in [1.82, 2.24) is 0 Å². The average Bonchev–Trinajstić information content (AvgIpc) is 2.33. The predicted molar refractivity (Wildman–Crippen MR) is 72.8 cm³/mol. The van der Waals surface area contributed by atoms with Crippen LogP contribution in [-0.4, -0.2) is 17.1 Å². The first-order chi connectivity index (χ1) is 8.99. The van der Waals surface area contributed by atoms with Crippen LogP contribution in [0.2, 0.25) is 0 Å². The molecule has 2 unspecified atom stereocenters. The van der Waals surface area contributed by atoms with E-state index in [1.54, 1.807) is 0 Å². The Hall–Kier alpha value is -1.78. The van der Waals surface area contributed by atoms with Gasteiger partial charge in [-0.25, -0.2) is 9.18 Å². The molecule has 0 radical (unpaired) electrons. The third-order valence-electron chi connectivity index (χ3n) is 3.70. The highest BCUT2D eigenvalue weighted by atomic mass is 19.1. The topological polar surface area (TPSA) is 75.3 Å². The van der Waals surface area contributed by atoms with E-state index in [9.17, 15) is 9.18 Å². The van der Waals surface area contributed by atoms with Gasteiger partial charge in [0, 0.05) is 6.04 Å². The minimum atomic E-state index is -1.21. The van der Waals surface area contributed by atoms with Crippen molar-refractivity contribution in [2.75, 3.05) is 11.1 Å². The second-order valence-electron chi connectivity index (χ2n) is 5.30. The Bertz CT molecular complexity index is 491. The molecule has 0 spiro atoms. The van der Waals surface area contributed by atoms with Gasteiger partial charge in [-0.2, -0.15) is 0 Å². The van der Waals surface area contributed by atoms with Crippen LogP contribution in [0.15, 0.2) is 12.1 Å². The van der Waals surface area contributed by atoms with Gasteiger partial charge in [-0.3, -0.25) is 0 Å². The maximum Gasteiger partial charge on any atom is 0.340 e. The molecule has 0 amide bonds. The molecular formula is C14H19FN2O2. The molecule has 1 aliphatic rings. The Morgan fingerprint density at radius 2 is 2.21 bits per heavy atom. The lowest BCUT2D eigenvalue weighted by atomic mass is 9.87. The fraction of sp³-hybridized carbons (Fsp3) is 0.500. The summed E-state index contributed by atoms with van der Waals surface area (Å²) < 4.78 is 13.3. The van der Waals surface area contributed by atoms with E-state index >= 15 is 0 Å². The predicted octanol–water partition coefficient (Wildman–Crippen LogP) is 3.10. The molecule has 0 aromatic heterocycles. The fourth-order valence-corrected chi connectivity index (χ4v) is 2.73. The number of hydrogen-bond acceptors (Lipinski definition) is 3. The van der Waals surface area contributed by atoms with Crippen LogP contribution in [0.3, 0.4) is 0 Å². The summed E-state index contributed by atoms with van der Waals surface area (Å²) in [5.41, 5.74) is 5.46. The summed E-state index contributed by atoms with van der Waals surface area (Å²) in [6.45, 7) is 2.19. The molecule has 1 saturated carbocycles. The van der Waals surface area contributed by atoms with Gasteiger partial charge in [0.2, 0.25) is 0 Å². The van der Waals surface area contributed by atoms with E-state index in [4.69, 9.17) is 10.8 Å². The van der Waals surface area contributed by atoms with E-state index in [1.807, 2.05) is 0 Å². The van der Waals surface area contributed by atoms with E-state index in [0.717, 1.165) is 19.3 Å². The quantitative estimate of drug-likeness (QED) is 0.735. The summed E-state index contributed by atoms with van der Waals surface area (Å²) in [4.78, 5) is 11.2. The Kier molecular flexibility index (Phi) is 3.93. The highest BCUT2D eigenvalue weighted by Gasteiger charge is 2.22. The van der Waals surface area contributed by atoms with Gasteiger partial charge in [-0.05, 0) is 30.9 Å². The smallest absolute Gasteiger partial charge is 0.340 e. The summed E-state index contributed by atoms with van der Waals surface area (Å²) >= 11 is 0. The number of carboxylic acid groups (broad SMARTS) is 1. The number of benzene rings is 1. The van der Waals surface area contributed by atoms with Crippen LogP contribution < -0.4 is 11.1 Å². The number of rotatable bonds is 3. The molecule has 2 rings (SSSR count). The summed E-state index contributed by atoms with van der Waals surface area (Å²) in [5.74, 6) is -1.28. The molecule has 0 saturated heterocycles. The highest BCUT2D eigenvalue weighted by molar-refractivity contribution is 6.00. The zero-order chi connectivity index (χ0) is 14.0. The Morgan fingerprint density at radius 3 is 2.84 bits per heavy atom. The van der Waals surface area contributed by atoms with Crippen LogP contribution in [0.5, 0.6) is 0 Å². The number of nitrogens with two attached hydrogens (primary N) is 1. The van der Waals surface area contributed by atoms with Crippen molar-refractivity contribution in [2.45, 2.75) is 38.6 Å². The van der Waals surface area contributed by atoms with Gasteiger partial charge < -0.3 is 16.2 Å². The first-order valence-corrected chi connectivity index (χ1v) is 6.57. The van der Waals surface area contributed by atoms with Crippen molar-refractivity contribution in [3.05, 3.63) is 23.5 Å². The first-order valence-electron chi connectivity index (χ1n) is 6.57. The van der Waals surface area contributed by atoms with Crippen LogP contribution in [0.4, 0.5) is 15.8 Å². The highest BCUT2D eigenvalue weighted by Crippen LogP contribution is 2.30. The van der Waals surface area contributed by atoms with E-state index in [2.05, 4.69) is 12.2 Å². The number of nitrogens with one attached hydrogen (secondary N) is 1. The van der Waals surface area contributed by atoms with Gasteiger partial charge in [0.15, 0.2) is 0 Å². The number of aromatic carboxylic acids is 1. The summed E-state index contributed by atoms with van der Waals surface area (Å²) in [5, 5.41) is 12.4. The molecule has 0 aliphatic heterocycles. The van der Waals surface area contributed by atoms with Gasteiger partial charge in [0.05, 0.1) is 11.4 Å². The van der Waals surface area contributed by atoms with Crippen LogP contribution >= 0.6 is 0 Å². The van der Waals surface area contributed by atoms with E-state index in [-0.39, 0.29) is 17.3 Å². The number of anilines is 2. The van der Waals surface area contributed by atoms with Crippen molar-refractivity contribution < 1.29 is 14.3 Å². The molecule has 19 heavy (non-hydrogen) atoms. The van der Waals surface area contributed by atoms with Crippen molar-refractivity contribution in [3.63, 3.8) is 0 Å². The molecule has 4 nitrogen and oxygen atoms in total. The maximum atomic E-state index is 13.3. The molecule has 4 N–H and O–H groups in total. The van der Waals surface area contributed by atoms with Crippen molar-refractivity contribution in [3.8, 4) is 0 Å². The van der Waals surface area contributed by atoms with Gasteiger partial charge in [-0.15, -0.1) is 0 Å². The number of nitrogen functional groups attached to an aromatic ring is 1.